The van der Waals surface area contributed by atoms with E-state index in [0.29, 0.717) is 11.3 Å². The average Bonchev–Trinajstić information content (AvgIpc) is 2.33. The molecule has 0 N–H and O–H groups in total. The average molecular weight is 245 g/mol. The molecule has 0 unspecified atom stereocenters. The molecule has 2 aromatic rings. The summed E-state index contributed by atoms with van der Waals surface area (Å²) in [5.74, 6) is -0.514. The molecular weight excluding hydrogens is 236 g/mol. The molecule has 0 aromatic heterocycles. The third kappa shape index (κ3) is 2.30. The Balaban J connectivity index is 2.41. The van der Waals surface area contributed by atoms with Crippen LogP contribution in [0.15, 0.2) is 36.4 Å². The Labute approximate surface area is 103 Å². The topological polar surface area (TPSA) is 33.0 Å². The van der Waals surface area contributed by atoms with Gasteiger partial charge < -0.3 is 4.74 Å². The van der Waals surface area contributed by atoms with Gasteiger partial charge in [-0.15, -0.1) is 0 Å². The van der Waals surface area contributed by atoms with E-state index in [1.165, 1.54) is 36.4 Å². The number of hydrogen-bond donors (Lipinski definition) is 0. The predicted molar refractivity (Wildman–Crippen MR) is 62.3 cm³/mol. The van der Waals surface area contributed by atoms with E-state index in [1.807, 2.05) is 0 Å². The second-order valence-corrected chi connectivity index (χ2v) is 3.74. The van der Waals surface area contributed by atoms with E-state index in [2.05, 4.69) is 0 Å². The largest absolute Gasteiger partial charge is 0.456 e. The van der Waals surface area contributed by atoms with Crippen molar-refractivity contribution in [3.63, 3.8) is 0 Å². The molecule has 4 heteroatoms. The van der Waals surface area contributed by atoms with Crippen LogP contribution in [0.3, 0.4) is 0 Å². The van der Waals surface area contributed by atoms with Crippen LogP contribution in [-0.4, -0.2) is 0 Å². The lowest BCUT2D eigenvalue weighted by molar-refractivity contribution is 0.469. The monoisotopic (exact) mass is 245 g/mol. The summed E-state index contributed by atoms with van der Waals surface area (Å²) < 4.78 is 31.7. The summed E-state index contributed by atoms with van der Waals surface area (Å²) in [7, 11) is 0. The van der Waals surface area contributed by atoms with Crippen molar-refractivity contribution in [2.75, 3.05) is 0 Å². The number of nitriles is 1. The molecule has 0 amide bonds. The molecular formula is C14H9F2NO. The zero-order valence-corrected chi connectivity index (χ0v) is 9.58. The van der Waals surface area contributed by atoms with Crippen molar-refractivity contribution >= 4 is 0 Å². The molecule has 90 valence electrons. The smallest absolute Gasteiger partial charge is 0.148 e. The standard InChI is InChI=1S/C14H9F2NO/c1-9-7-10(15)5-6-13(9)18-14-4-2-3-12(16)11(14)8-17/h2-7H,1H3. The number of benzene rings is 2. The lowest BCUT2D eigenvalue weighted by Crippen LogP contribution is -1.93. The molecule has 2 nitrogen and oxygen atoms in total. The number of nitrogens with zero attached hydrogens (tertiary/aromatic N) is 1. The van der Waals surface area contributed by atoms with Gasteiger partial charge in [-0.1, -0.05) is 6.07 Å². The van der Waals surface area contributed by atoms with Gasteiger partial charge in [0.25, 0.3) is 0 Å². The summed E-state index contributed by atoms with van der Waals surface area (Å²) in [5, 5.41) is 8.86. The van der Waals surface area contributed by atoms with E-state index in [9.17, 15) is 8.78 Å². The van der Waals surface area contributed by atoms with Crippen LogP contribution in [0.25, 0.3) is 0 Å². The maximum Gasteiger partial charge on any atom is 0.148 e. The summed E-state index contributed by atoms with van der Waals surface area (Å²) in [5.41, 5.74) is 0.407. The van der Waals surface area contributed by atoms with Crippen molar-refractivity contribution in [1.29, 1.82) is 5.26 Å². The Morgan fingerprint density at radius 1 is 1.11 bits per heavy atom. The SMILES string of the molecule is Cc1cc(F)ccc1Oc1cccc(F)c1C#N. The first-order valence-electron chi connectivity index (χ1n) is 5.24. The van der Waals surface area contributed by atoms with Gasteiger partial charge in [0.15, 0.2) is 0 Å². The molecule has 0 spiro atoms. The van der Waals surface area contributed by atoms with E-state index in [4.69, 9.17) is 10.00 Å². The summed E-state index contributed by atoms with van der Waals surface area (Å²) in [4.78, 5) is 0. The molecule has 0 heterocycles. The highest BCUT2D eigenvalue weighted by Crippen LogP contribution is 2.29. The molecule has 0 saturated carbocycles. The first-order chi connectivity index (χ1) is 8.61. The van der Waals surface area contributed by atoms with Crippen LogP contribution in [0, 0.1) is 29.9 Å². The van der Waals surface area contributed by atoms with Crippen LogP contribution < -0.4 is 4.74 Å². The zero-order valence-electron chi connectivity index (χ0n) is 9.58. The molecule has 0 aliphatic heterocycles. The number of rotatable bonds is 2. The maximum atomic E-state index is 13.4. The van der Waals surface area contributed by atoms with Crippen LogP contribution in [0.1, 0.15) is 11.1 Å². The first-order valence-corrected chi connectivity index (χ1v) is 5.24. The zero-order chi connectivity index (χ0) is 13.1. The van der Waals surface area contributed by atoms with Gasteiger partial charge >= 0.3 is 0 Å². The predicted octanol–water partition coefficient (Wildman–Crippen LogP) is 3.94. The third-order valence-corrected chi connectivity index (χ3v) is 2.44. The van der Waals surface area contributed by atoms with Gasteiger partial charge in [-0.05, 0) is 42.8 Å². The first kappa shape index (κ1) is 12.1. The van der Waals surface area contributed by atoms with Crippen molar-refractivity contribution in [2.24, 2.45) is 0 Å². The quantitative estimate of drug-likeness (QED) is 0.802. The molecule has 0 saturated heterocycles. The van der Waals surface area contributed by atoms with Gasteiger partial charge in [-0.25, -0.2) is 8.78 Å². The molecule has 0 aliphatic carbocycles. The summed E-state index contributed by atoms with van der Waals surface area (Å²) >= 11 is 0. The fraction of sp³-hybridized carbons (Fsp3) is 0.0714. The number of ether oxygens (including phenoxy) is 1. The Morgan fingerprint density at radius 3 is 2.56 bits per heavy atom. The fourth-order valence-electron chi connectivity index (χ4n) is 1.54. The summed E-state index contributed by atoms with van der Waals surface area (Å²) in [6.45, 7) is 1.67. The van der Waals surface area contributed by atoms with Crippen LogP contribution in [0.5, 0.6) is 11.5 Å². The Morgan fingerprint density at radius 2 is 1.89 bits per heavy atom. The normalized spacial score (nSPS) is 9.89. The van der Waals surface area contributed by atoms with E-state index >= 15 is 0 Å². The highest BCUT2D eigenvalue weighted by atomic mass is 19.1. The second kappa shape index (κ2) is 4.84. The molecule has 0 atom stereocenters. The molecule has 2 aromatic carbocycles. The van der Waals surface area contributed by atoms with Gasteiger partial charge in [-0.2, -0.15) is 5.26 Å². The number of halogens is 2. The lowest BCUT2D eigenvalue weighted by Gasteiger charge is -2.10. The molecule has 0 bridgehead atoms. The third-order valence-electron chi connectivity index (χ3n) is 2.44. The number of hydrogen-bond acceptors (Lipinski definition) is 2. The molecule has 18 heavy (non-hydrogen) atoms. The van der Waals surface area contributed by atoms with Crippen molar-refractivity contribution < 1.29 is 13.5 Å². The van der Waals surface area contributed by atoms with Crippen molar-refractivity contribution in [2.45, 2.75) is 6.92 Å². The van der Waals surface area contributed by atoms with E-state index in [0.717, 1.165) is 0 Å². The number of aryl methyl sites for hydroxylation is 1. The van der Waals surface area contributed by atoms with Crippen LogP contribution >= 0.6 is 0 Å². The van der Waals surface area contributed by atoms with E-state index in [-0.39, 0.29) is 17.1 Å². The minimum absolute atomic E-state index is 0.118. The Hall–Kier alpha value is -2.41. The van der Waals surface area contributed by atoms with Gasteiger partial charge in [0.05, 0.1) is 0 Å². The maximum absolute atomic E-state index is 13.4. The molecule has 0 radical (unpaired) electrons. The van der Waals surface area contributed by atoms with Gasteiger partial charge in [0.1, 0.15) is 34.8 Å². The van der Waals surface area contributed by atoms with Gasteiger partial charge in [0.2, 0.25) is 0 Å². The highest BCUT2D eigenvalue weighted by molar-refractivity contribution is 5.47. The van der Waals surface area contributed by atoms with E-state index < -0.39 is 5.82 Å². The summed E-state index contributed by atoms with van der Waals surface area (Å²) in [6, 6.07) is 9.85. The van der Waals surface area contributed by atoms with Crippen molar-refractivity contribution in [1.82, 2.24) is 0 Å². The molecule has 0 aliphatic rings. The molecule has 2 rings (SSSR count). The Bertz CT molecular complexity index is 632. The Kier molecular flexibility index (Phi) is 3.24. The van der Waals surface area contributed by atoms with Crippen molar-refractivity contribution in [3.05, 3.63) is 59.2 Å². The van der Waals surface area contributed by atoms with Crippen LogP contribution in [0.4, 0.5) is 8.78 Å². The van der Waals surface area contributed by atoms with E-state index in [1.54, 1.807) is 13.0 Å². The van der Waals surface area contributed by atoms with Crippen molar-refractivity contribution in [3.8, 4) is 17.6 Å². The van der Waals surface area contributed by atoms with Crippen LogP contribution in [-0.2, 0) is 0 Å². The van der Waals surface area contributed by atoms with Gasteiger partial charge in [0, 0.05) is 0 Å². The fourth-order valence-corrected chi connectivity index (χ4v) is 1.54. The minimum atomic E-state index is -0.644. The lowest BCUT2D eigenvalue weighted by atomic mass is 10.2. The highest BCUT2D eigenvalue weighted by Gasteiger charge is 2.11. The van der Waals surface area contributed by atoms with Crippen LogP contribution in [0.2, 0.25) is 0 Å². The molecule has 0 fully saturated rings. The summed E-state index contributed by atoms with van der Waals surface area (Å²) in [6.07, 6.45) is 0. The van der Waals surface area contributed by atoms with Gasteiger partial charge in [-0.3, -0.25) is 0 Å². The second-order valence-electron chi connectivity index (χ2n) is 3.74. The minimum Gasteiger partial charge on any atom is -0.456 e.